The van der Waals surface area contributed by atoms with Crippen LogP contribution in [0.15, 0.2) is 6.20 Å². The van der Waals surface area contributed by atoms with Crippen LogP contribution in [0, 0.1) is 0 Å². The Labute approximate surface area is 83.3 Å². The van der Waals surface area contributed by atoms with Crippen molar-refractivity contribution >= 4 is 22.4 Å². The number of alkyl halides is 2. The second-order valence-corrected chi connectivity index (χ2v) is 3.41. The van der Waals surface area contributed by atoms with E-state index in [1.54, 1.807) is 7.05 Å². The number of carbonyl (C=O) groups excluding carboxylic acids is 1. The summed E-state index contributed by atoms with van der Waals surface area (Å²) in [5.74, 6) is -0.524. The van der Waals surface area contributed by atoms with Gasteiger partial charge in [-0.3, -0.25) is 4.79 Å². The highest BCUT2D eigenvalue weighted by Gasteiger charge is 2.11. The van der Waals surface area contributed by atoms with Crippen molar-refractivity contribution in [1.82, 2.24) is 10.3 Å². The van der Waals surface area contributed by atoms with Crippen molar-refractivity contribution in [3.8, 4) is 0 Å². The molecule has 0 unspecified atom stereocenters. The van der Waals surface area contributed by atoms with Crippen LogP contribution in [0.3, 0.4) is 0 Å². The largest absolute Gasteiger partial charge is 0.365 e. The lowest BCUT2D eigenvalue weighted by atomic mass is 10.5. The van der Waals surface area contributed by atoms with Crippen molar-refractivity contribution in [3.05, 3.63) is 11.1 Å². The normalized spacial score (nSPS) is 10.3. The Hall–Kier alpha value is -1.24. The van der Waals surface area contributed by atoms with E-state index in [2.05, 4.69) is 15.6 Å². The van der Waals surface area contributed by atoms with E-state index >= 15 is 0 Å². The zero-order chi connectivity index (χ0) is 10.6. The fourth-order valence-electron chi connectivity index (χ4n) is 0.752. The van der Waals surface area contributed by atoms with Crippen LogP contribution in [0.2, 0.25) is 0 Å². The van der Waals surface area contributed by atoms with Crippen LogP contribution in [0.25, 0.3) is 0 Å². The van der Waals surface area contributed by atoms with Crippen LogP contribution in [0.4, 0.5) is 13.9 Å². The van der Waals surface area contributed by atoms with E-state index < -0.39 is 18.9 Å². The number of thiazole rings is 1. The monoisotopic (exact) mass is 221 g/mol. The summed E-state index contributed by atoms with van der Waals surface area (Å²) >= 11 is 1.11. The Bertz CT molecular complexity index is 316. The number of carbonyl (C=O) groups is 1. The SMILES string of the molecule is CNc1ncc(C(=O)NCC(F)F)s1. The third-order valence-electron chi connectivity index (χ3n) is 1.36. The molecule has 0 radical (unpaired) electrons. The molecule has 0 bridgehead atoms. The number of anilines is 1. The minimum atomic E-state index is -2.53. The molecule has 0 aromatic carbocycles. The minimum Gasteiger partial charge on any atom is -0.365 e. The number of halogens is 2. The molecule has 0 saturated carbocycles. The molecule has 1 rings (SSSR count). The van der Waals surface area contributed by atoms with Crippen molar-refractivity contribution in [1.29, 1.82) is 0 Å². The Balaban J connectivity index is 2.52. The molecule has 0 saturated heterocycles. The molecule has 2 N–H and O–H groups in total. The highest BCUT2D eigenvalue weighted by molar-refractivity contribution is 7.17. The van der Waals surface area contributed by atoms with E-state index in [0.29, 0.717) is 10.0 Å². The Morgan fingerprint density at radius 2 is 2.43 bits per heavy atom. The average Bonchev–Trinajstić information content (AvgIpc) is 2.62. The van der Waals surface area contributed by atoms with Crippen LogP contribution >= 0.6 is 11.3 Å². The Kier molecular flexibility index (Phi) is 3.75. The van der Waals surface area contributed by atoms with Gasteiger partial charge in [-0.15, -0.1) is 0 Å². The molecular weight excluding hydrogens is 212 g/mol. The van der Waals surface area contributed by atoms with E-state index in [0.717, 1.165) is 11.3 Å². The van der Waals surface area contributed by atoms with Gasteiger partial charge in [0.15, 0.2) is 5.13 Å². The van der Waals surface area contributed by atoms with E-state index in [1.807, 2.05) is 0 Å². The molecule has 0 aliphatic carbocycles. The van der Waals surface area contributed by atoms with Crippen molar-refractivity contribution in [2.45, 2.75) is 6.43 Å². The number of nitrogens with zero attached hydrogens (tertiary/aromatic N) is 1. The molecule has 1 heterocycles. The third kappa shape index (κ3) is 2.91. The van der Waals surface area contributed by atoms with Gasteiger partial charge in [-0.2, -0.15) is 0 Å². The maximum absolute atomic E-state index is 11.7. The highest BCUT2D eigenvalue weighted by Crippen LogP contribution is 2.16. The zero-order valence-corrected chi connectivity index (χ0v) is 8.20. The molecule has 1 aromatic rings. The number of aromatic nitrogens is 1. The predicted octanol–water partition coefficient (Wildman–Crippen LogP) is 1.18. The molecule has 7 heteroatoms. The van der Waals surface area contributed by atoms with Gasteiger partial charge in [-0.1, -0.05) is 11.3 Å². The van der Waals surface area contributed by atoms with Crippen molar-refractivity contribution in [3.63, 3.8) is 0 Å². The van der Waals surface area contributed by atoms with E-state index in [4.69, 9.17) is 0 Å². The molecule has 1 amide bonds. The van der Waals surface area contributed by atoms with E-state index in [9.17, 15) is 13.6 Å². The second kappa shape index (κ2) is 4.85. The molecule has 0 spiro atoms. The van der Waals surface area contributed by atoms with E-state index in [-0.39, 0.29) is 0 Å². The lowest BCUT2D eigenvalue weighted by molar-refractivity contribution is 0.0895. The maximum atomic E-state index is 11.7. The van der Waals surface area contributed by atoms with E-state index in [1.165, 1.54) is 6.20 Å². The van der Waals surface area contributed by atoms with Gasteiger partial charge < -0.3 is 10.6 Å². The summed E-state index contributed by atoms with van der Waals surface area (Å²) in [6.45, 7) is -0.633. The van der Waals surface area contributed by atoms with Gasteiger partial charge in [0, 0.05) is 7.05 Å². The summed E-state index contributed by atoms with van der Waals surface area (Å²) in [6.07, 6.45) is -1.19. The van der Waals surface area contributed by atoms with Gasteiger partial charge in [0.05, 0.1) is 12.7 Å². The third-order valence-corrected chi connectivity index (χ3v) is 2.37. The average molecular weight is 221 g/mol. The van der Waals surface area contributed by atoms with Gasteiger partial charge in [0.2, 0.25) is 0 Å². The first-order valence-corrected chi connectivity index (χ1v) is 4.65. The summed E-state index contributed by atoms with van der Waals surface area (Å²) in [6, 6.07) is 0. The smallest absolute Gasteiger partial charge is 0.263 e. The van der Waals surface area contributed by atoms with Crippen LogP contribution < -0.4 is 10.6 Å². The fraction of sp³-hybridized carbons (Fsp3) is 0.429. The molecule has 0 aliphatic heterocycles. The fourth-order valence-corrected chi connectivity index (χ4v) is 1.44. The van der Waals surface area contributed by atoms with Crippen LogP contribution in [0.1, 0.15) is 9.67 Å². The van der Waals surface area contributed by atoms with Gasteiger partial charge in [-0.05, 0) is 0 Å². The molecular formula is C7H9F2N3OS. The van der Waals surface area contributed by atoms with Crippen molar-refractivity contribution in [2.75, 3.05) is 18.9 Å². The number of amides is 1. The predicted molar refractivity (Wildman–Crippen MR) is 50.0 cm³/mol. The summed E-state index contributed by atoms with van der Waals surface area (Å²) in [7, 11) is 1.67. The lowest BCUT2D eigenvalue weighted by Crippen LogP contribution is -2.27. The molecule has 78 valence electrons. The second-order valence-electron chi connectivity index (χ2n) is 2.38. The molecule has 1 aromatic heterocycles. The number of nitrogens with one attached hydrogen (secondary N) is 2. The number of hydrogen-bond donors (Lipinski definition) is 2. The lowest BCUT2D eigenvalue weighted by Gasteiger charge is -2.00. The van der Waals surface area contributed by atoms with Crippen LogP contribution in [0.5, 0.6) is 0 Å². The Morgan fingerprint density at radius 1 is 1.71 bits per heavy atom. The first kappa shape index (κ1) is 10.8. The molecule has 0 fully saturated rings. The zero-order valence-electron chi connectivity index (χ0n) is 7.38. The molecule has 14 heavy (non-hydrogen) atoms. The van der Waals surface area contributed by atoms with Crippen molar-refractivity contribution < 1.29 is 13.6 Å². The highest BCUT2D eigenvalue weighted by atomic mass is 32.1. The molecule has 0 aliphatic rings. The summed E-state index contributed by atoms with van der Waals surface area (Å²) < 4.78 is 23.5. The minimum absolute atomic E-state index is 0.315. The number of hydrogen-bond acceptors (Lipinski definition) is 4. The molecule has 4 nitrogen and oxygen atoms in total. The van der Waals surface area contributed by atoms with Crippen LogP contribution in [-0.4, -0.2) is 30.9 Å². The quantitative estimate of drug-likeness (QED) is 0.802. The summed E-state index contributed by atoms with van der Waals surface area (Å²) in [5.41, 5.74) is 0. The standard InChI is InChI=1S/C7H9F2N3OS/c1-10-7-12-2-4(14-7)6(13)11-3-5(8)9/h2,5H,3H2,1H3,(H,10,12)(H,11,13). The first-order valence-electron chi connectivity index (χ1n) is 3.83. The summed E-state index contributed by atoms with van der Waals surface area (Å²) in [5, 5.41) is 5.41. The van der Waals surface area contributed by atoms with Crippen molar-refractivity contribution in [2.24, 2.45) is 0 Å². The van der Waals surface area contributed by atoms with Gasteiger partial charge in [0.1, 0.15) is 4.88 Å². The summed E-state index contributed by atoms with van der Waals surface area (Å²) in [4.78, 5) is 15.3. The van der Waals surface area contributed by atoms with Gasteiger partial charge >= 0.3 is 0 Å². The number of rotatable bonds is 4. The van der Waals surface area contributed by atoms with Gasteiger partial charge in [-0.25, -0.2) is 13.8 Å². The van der Waals surface area contributed by atoms with Gasteiger partial charge in [0.25, 0.3) is 12.3 Å². The first-order chi connectivity index (χ1) is 6.63. The topological polar surface area (TPSA) is 54.0 Å². The Morgan fingerprint density at radius 3 is 2.93 bits per heavy atom. The molecule has 0 atom stereocenters. The maximum Gasteiger partial charge on any atom is 0.263 e. The van der Waals surface area contributed by atoms with Crippen LogP contribution in [-0.2, 0) is 0 Å².